The molecular weight excluding hydrogens is 284 g/mol. The van der Waals surface area contributed by atoms with E-state index in [2.05, 4.69) is 9.89 Å². The molecule has 1 aromatic carbocycles. The zero-order valence-electron chi connectivity index (χ0n) is 12.8. The molecule has 1 heterocycles. The highest BCUT2D eigenvalue weighted by Gasteiger charge is 2.47. The lowest BCUT2D eigenvalue weighted by molar-refractivity contribution is 0.426. The normalized spacial score (nSPS) is 21.5. The number of hydrogen-bond acceptors (Lipinski definition) is 1. The molecule has 1 aromatic rings. The van der Waals surface area contributed by atoms with E-state index in [1.54, 1.807) is 0 Å². The number of guanidine groups is 1. The molecule has 1 aliphatic heterocycles. The van der Waals surface area contributed by atoms with Crippen molar-refractivity contribution in [3.8, 4) is 0 Å². The fraction of sp³-hybridized carbons (Fsp3) is 0.588. The van der Waals surface area contributed by atoms with E-state index >= 15 is 0 Å². The average molecular weight is 307 g/mol. The van der Waals surface area contributed by atoms with Crippen LogP contribution in [-0.2, 0) is 5.41 Å². The van der Waals surface area contributed by atoms with Crippen LogP contribution in [0, 0.1) is 11.6 Å². The van der Waals surface area contributed by atoms with Crippen molar-refractivity contribution in [1.82, 2.24) is 4.90 Å². The Morgan fingerprint density at radius 2 is 1.68 bits per heavy atom. The van der Waals surface area contributed by atoms with E-state index in [1.165, 1.54) is 31.0 Å². The fourth-order valence-electron chi connectivity index (χ4n) is 3.27. The van der Waals surface area contributed by atoms with Crippen molar-refractivity contribution < 1.29 is 8.78 Å². The summed E-state index contributed by atoms with van der Waals surface area (Å²) in [4.78, 5) is 6.57. The summed E-state index contributed by atoms with van der Waals surface area (Å²) in [5.74, 6) is -0.424. The van der Waals surface area contributed by atoms with Gasteiger partial charge in [0.15, 0.2) is 5.96 Å². The first-order valence-corrected chi connectivity index (χ1v) is 8.12. The minimum Gasteiger partial charge on any atom is -0.370 e. The molecule has 22 heavy (non-hydrogen) atoms. The van der Waals surface area contributed by atoms with Gasteiger partial charge in [0.1, 0.15) is 11.6 Å². The molecule has 5 heteroatoms. The lowest BCUT2D eigenvalue weighted by Crippen LogP contribution is -2.38. The van der Waals surface area contributed by atoms with Gasteiger partial charge >= 0.3 is 0 Å². The smallest absolute Gasteiger partial charge is 0.191 e. The van der Waals surface area contributed by atoms with E-state index < -0.39 is 17.0 Å². The Bertz CT molecular complexity index is 539. The second-order valence-electron chi connectivity index (χ2n) is 6.45. The Balaban J connectivity index is 1.73. The van der Waals surface area contributed by atoms with E-state index in [0.29, 0.717) is 12.5 Å². The molecular formula is C17H23F2N3. The molecule has 1 aliphatic carbocycles. The van der Waals surface area contributed by atoms with Gasteiger partial charge in [-0.25, -0.2) is 8.78 Å². The molecule has 2 fully saturated rings. The van der Waals surface area contributed by atoms with Crippen LogP contribution in [0.5, 0.6) is 0 Å². The van der Waals surface area contributed by atoms with Gasteiger partial charge < -0.3 is 10.6 Å². The molecule has 0 unspecified atom stereocenters. The van der Waals surface area contributed by atoms with E-state index in [9.17, 15) is 8.78 Å². The van der Waals surface area contributed by atoms with E-state index in [4.69, 9.17) is 5.73 Å². The zero-order chi connectivity index (χ0) is 15.6. The first-order valence-electron chi connectivity index (χ1n) is 8.12. The van der Waals surface area contributed by atoms with Crippen molar-refractivity contribution in [1.29, 1.82) is 0 Å². The molecule has 3 rings (SSSR count). The predicted molar refractivity (Wildman–Crippen MR) is 83.8 cm³/mol. The second kappa shape index (κ2) is 6.23. The Kier molecular flexibility index (Phi) is 4.32. The van der Waals surface area contributed by atoms with Gasteiger partial charge in [0.25, 0.3) is 0 Å². The Morgan fingerprint density at radius 1 is 1.09 bits per heavy atom. The maximum atomic E-state index is 14.0. The summed E-state index contributed by atoms with van der Waals surface area (Å²) < 4.78 is 28.0. The van der Waals surface area contributed by atoms with Gasteiger partial charge in [0, 0.05) is 24.1 Å². The third-order valence-electron chi connectivity index (χ3n) is 4.82. The number of likely N-dealkylation sites (tertiary alicyclic amines) is 1. The largest absolute Gasteiger partial charge is 0.370 e. The molecule has 3 nitrogen and oxygen atoms in total. The van der Waals surface area contributed by atoms with Gasteiger partial charge in [-0.2, -0.15) is 0 Å². The second-order valence-corrected chi connectivity index (χ2v) is 6.45. The first kappa shape index (κ1) is 15.3. The van der Waals surface area contributed by atoms with Gasteiger partial charge in [-0.3, -0.25) is 4.99 Å². The number of rotatable bonds is 3. The van der Waals surface area contributed by atoms with Gasteiger partial charge in [-0.15, -0.1) is 0 Å². The van der Waals surface area contributed by atoms with Crippen LogP contribution in [0.4, 0.5) is 8.78 Å². The first-order chi connectivity index (χ1) is 10.6. The number of hydrogen-bond donors (Lipinski definition) is 1. The highest BCUT2D eigenvalue weighted by molar-refractivity contribution is 5.78. The van der Waals surface area contributed by atoms with Crippen LogP contribution in [0.15, 0.2) is 23.2 Å². The topological polar surface area (TPSA) is 41.6 Å². The van der Waals surface area contributed by atoms with E-state index in [0.717, 1.165) is 38.8 Å². The SMILES string of the molecule is NC(=NCC1(c2c(F)cccc2F)CC1)N1CCCCCC1. The molecule has 0 aromatic heterocycles. The zero-order valence-corrected chi connectivity index (χ0v) is 12.8. The van der Waals surface area contributed by atoms with Gasteiger partial charge in [0.05, 0.1) is 6.54 Å². The molecule has 0 spiro atoms. The summed E-state index contributed by atoms with van der Waals surface area (Å²) in [6.07, 6.45) is 6.25. The highest BCUT2D eigenvalue weighted by Crippen LogP contribution is 2.50. The molecule has 1 saturated heterocycles. The fourth-order valence-corrected chi connectivity index (χ4v) is 3.27. The maximum absolute atomic E-state index is 14.0. The van der Waals surface area contributed by atoms with Crippen LogP contribution in [0.2, 0.25) is 0 Å². The van der Waals surface area contributed by atoms with E-state index in [1.807, 2.05) is 0 Å². The van der Waals surface area contributed by atoms with Crippen LogP contribution in [0.3, 0.4) is 0 Å². The minimum absolute atomic E-state index is 0.183. The number of halogens is 2. The van der Waals surface area contributed by atoms with Crippen molar-refractivity contribution in [3.05, 3.63) is 35.4 Å². The molecule has 120 valence electrons. The van der Waals surface area contributed by atoms with Crippen molar-refractivity contribution in [3.63, 3.8) is 0 Å². The van der Waals surface area contributed by atoms with Crippen LogP contribution >= 0.6 is 0 Å². The average Bonchev–Trinajstić information content (AvgIpc) is 3.29. The maximum Gasteiger partial charge on any atom is 0.191 e. The summed E-state index contributed by atoms with van der Waals surface area (Å²) in [6, 6.07) is 4.04. The van der Waals surface area contributed by atoms with Crippen molar-refractivity contribution in [2.45, 2.75) is 43.9 Å². The Morgan fingerprint density at radius 3 is 2.23 bits per heavy atom. The summed E-state index contributed by atoms with van der Waals surface area (Å²) in [5, 5.41) is 0. The van der Waals surface area contributed by atoms with Gasteiger partial charge in [0.2, 0.25) is 0 Å². The number of benzene rings is 1. The number of aliphatic imine (C=N–C) groups is 1. The third-order valence-corrected chi connectivity index (χ3v) is 4.82. The summed E-state index contributed by atoms with van der Waals surface area (Å²) in [6.45, 7) is 2.22. The van der Waals surface area contributed by atoms with Crippen LogP contribution < -0.4 is 5.73 Å². The van der Waals surface area contributed by atoms with Crippen LogP contribution in [0.25, 0.3) is 0 Å². The molecule has 0 bridgehead atoms. The predicted octanol–water partition coefficient (Wildman–Crippen LogP) is 3.19. The molecule has 2 N–H and O–H groups in total. The minimum atomic E-state index is -0.494. The monoisotopic (exact) mass is 307 g/mol. The van der Waals surface area contributed by atoms with Gasteiger partial charge in [-0.05, 0) is 37.8 Å². The quantitative estimate of drug-likeness (QED) is 0.688. The van der Waals surface area contributed by atoms with Crippen LogP contribution in [0.1, 0.15) is 44.1 Å². The number of nitrogens with two attached hydrogens (primary N) is 1. The third kappa shape index (κ3) is 3.08. The summed E-state index contributed by atoms with van der Waals surface area (Å²) >= 11 is 0. The Hall–Kier alpha value is -1.65. The standard InChI is InChI=1S/C17H23F2N3/c18-13-6-5-7-14(19)15(13)17(8-9-17)12-21-16(20)22-10-3-1-2-4-11-22/h5-7H,1-4,8-12H2,(H2,20,21). The number of nitrogens with zero attached hydrogens (tertiary/aromatic N) is 2. The molecule has 0 atom stereocenters. The molecule has 2 aliphatic rings. The lowest BCUT2D eigenvalue weighted by Gasteiger charge is -2.22. The van der Waals surface area contributed by atoms with Crippen molar-refractivity contribution in [2.24, 2.45) is 10.7 Å². The van der Waals surface area contributed by atoms with Crippen molar-refractivity contribution in [2.75, 3.05) is 19.6 Å². The summed E-state index contributed by atoms with van der Waals surface area (Å²) in [5.41, 5.74) is 5.78. The molecule has 0 amide bonds. The van der Waals surface area contributed by atoms with E-state index in [-0.39, 0.29) is 5.56 Å². The molecule has 1 saturated carbocycles. The van der Waals surface area contributed by atoms with Crippen molar-refractivity contribution >= 4 is 5.96 Å². The Labute approximate surface area is 130 Å². The highest BCUT2D eigenvalue weighted by atomic mass is 19.1. The van der Waals surface area contributed by atoms with Gasteiger partial charge in [-0.1, -0.05) is 18.9 Å². The van der Waals surface area contributed by atoms with Crippen LogP contribution in [-0.4, -0.2) is 30.5 Å². The molecule has 0 radical (unpaired) electrons. The summed E-state index contributed by atoms with van der Waals surface area (Å²) in [7, 11) is 0. The lowest BCUT2D eigenvalue weighted by atomic mass is 9.95.